The van der Waals surface area contributed by atoms with Crippen LogP contribution in [0.4, 0.5) is 0 Å². The number of nitrogens with one attached hydrogen (secondary N) is 1. The Hall–Kier alpha value is -0.120. The maximum Gasteiger partial charge on any atom is 0.0106 e. The molecule has 1 aromatic rings. The molecule has 0 spiro atoms. The van der Waals surface area contributed by atoms with Crippen LogP contribution in [0, 0.1) is 0 Å². The molecule has 0 aliphatic rings. The Morgan fingerprint density at radius 3 is 2.50 bits per heavy atom. The highest BCUT2D eigenvalue weighted by atomic mass is 32.2. The maximum atomic E-state index is 3.41. The zero-order chi connectivity index (χ0) is 10.1. The molecule has 0 saturated heterocycles. The fraction of sp³-hybridized carbons (Fsp3) is 0.455. The van der Waals surface area contributed by atoms with E-state index in [-0.39, 0.29) is 0 Å². The molecule has 1 N–H and O–H groups in total. The van der Waals surface area contributed by atoms with Gasteiger partial charge in [0.15, 0.2) is 0 Å². The van der Waals surface area contributed by atoms with Gasteiger partial charge in [-0.05, 0) is 18.4 Å². The van der Waals surface area contributed by atoms with E-state index in [1.165, 1.54) is 10.6 Å². The number of rotatable bonds is 7. The molecule has 3 heteroatoms. The van der Waals surface area contributed by atoms with Crippen LogP contribution in [0.2, 0.25) is 0 Å². The summed E-state index contributed by atoms with van der Waals surface area (Å²) in [5, 5.41) is 3.41. The first-order valence-electron chi connectivity index (χ1n) is 4.81. The summed E-state index contributed by atoms with van der Waals surface area (Å²) in [7, 11) is 0. The predicted octanol–water partition coefficient (Wildman–Crippen LogP) is 2.73. The molecule has 0 fully saturated rings. The first-order chi connectivity index (χ1) is 6.93. The second-order valence-corrected chi connectivity index (χ2v) is 5.06. The summed E-state index contributed by atoms with van der Waals surface area (Å²) in [6.45, 7) is 2.22. The lowest BCUT2D eigenvalue weighted by Crippen LogP contribution is -2.19. The smallest absolute Gasteiger partial charge is 0.0106 e. The molecule has 1 rings (SSSR count). The van der Waals surface area contributed by atoms with Crippen molar-refractivity contribution in [3.8, 4) is 0 Å². The van der Waals surface area contributed by atoms with Gasteiger partial charge in [0.1, 0.15) is 0 Å². The molecule has 1 nitrogen and oxygen atoms in total. The van der Waals surface area contributed by atoms with Crippen LogP contribution in [0.5, 0.6) is 0 Å². The highest BCUT2D eigenvalue weighted by Crippen LogP contribution is 2.15. The number of benzene rings is 1. The Kier molecular flexibility index (Phi) is 7.01. The Bertz CT molecular complexity index is 226. The SMILES string of the molecule is CSCCNCCSc1ccccc1. The Balaban J connectivity index is 1.99. The van der Waals surface area contributed by atoms with Gasteiger partial charge in [-0.1, -0.05) is 18.2 Å². The van der Waals surface area contributed by atoms with Gasteiger partial charge in [-0.15, -0.1) is 11.8 Å². The summed E-state index contributed by atoms with van der Waals surface area (Å²) >= 11 is 3.80. The van der Waals surface area contributed by atoms with E-state index in [2.05, 4.69) is 41.9 Å². The normalized spacial score (nSPS) is 10.4. The van der Waals surface area contributed by atoms with Crippen LogP contribution in [0.3, 0.4) is 0 Å². The van der Waals surface area contributed by atoms with Crippen molar-refractivity contribution in [2.75, 3.05) is 30.9 Å². The van der Waals surface area contributed by atoms with Gasteiger partial charge in [-0.3, -0.25) is 0 Å². The Morgan fingerprint density at radius 2 is 1.79 bits per heavy atom. The lowest BCUT2D eigenvalue weighted by Gasteiger charge is -2.03. The van der Waals surface area contributed by atoms with Crippen LogP contribution in [-0.2, 0) is 0 Å². The van der Waals surface area contributed by atoms with Gasteiger partial charge in [0.05, 0.1) is 0 Å². The first kappa shape index (κ1) is 12.0. The molecule has 0 amide bonds. The van der Waals surface area contributed by atoms with E-state index >= 15 is 0 Å². The third-order valence-corrected chi connectivity index (χ3v) is 3.40. The average Bonchev–Trinajstić information content (AvgIpc) is 2.25. The molecule has 0 bridgehead atoms. The first-order valence-corrected chi connectivity index (χ1v) is 7.19. The molecule has 0 saturated carbocycles. The van der Waals surface area contributed by atoms with Crippen LogP contribution in [0.1, 0.15) is 0 Å². The summed E-state index contributed by atoms with van der Waals surface area (Å²) in [5.74, 6) is 2.36. The van der Waals surface area contributed by atoms with E-state index in [4.69, 9.17) is 0 Å². The largest absolute Gasteiger partial charge is 0.315 e. The quantitative estimate of drug-likeness (QED) is 0.568. The second-order valence-electron chi connectivity index (χ2n) is 2.90. The minimum atomic E-state index is 1.10. The highest BCUT2D eigenvalue weighted by molar-refractivity contribution is 7.99. The van der Waals surface area contributed by atoms with Crippen molar-refractivity contribution in [3.05, 3.63) is 30.3 Å². The fourth-order valence-corrected chi connectivity index (χ4v) is 2.24. The van der Waals surface area contributed by atoms with Crippen LogP contribution in [-0.4, -0.2) is 30.9 Å². The molecule has 0 aliphatic carbocycles. The topological polar surface area (TPSA) is 12.0 Å². The number of hydrogen-bond acceptors (Lipinski definition) is 3. The van der Waals surface area contributed by atoms with Crippen molar-refractivity contribution in [1.29, 1.82) is 0 Å². The van der Waals surface area contributed by atoms with Gasteiger partial charge in [-0.2, -0.15) is 11.8 Å². The molecule has 0 aromatic heterocycles. The monoisotopic (exact) mass is 227 g/mol. The summed E-state index contributed by atoms with van der Waals surface area (Å²) in [4.78, 5) is 1.36. The van der Waals surface area contributed by atoms with E-state index < -0.39 is 0 Å². The van der Waals surface area contributed by atoms with Gasteiger partial charge < -0.3 is 5.32 Å². The standard InChI is InChI=1S/C11H17NS2/c1-13-9-7-12-8-10-14-11-5-3-2-4-6-11/h2-6,12H,7-10H2,1H3. The lowest BCUT2D eigenvalue weighted by molar-refractivity contribution is 0.774. The van der Waals surface area contributed by atoms with Crippen molar-refractivity contribution < 1.29 is 0 Å². The maximum absolute atomic E-state index is 3.41. The van der Waals surface area contributed by atoms with Gasteiger partial charge >= 0.3 is 0 Å². The van der Waals surface area contributed by atoms with E-state index in [0.717, 1.165) is 18.8 Å². The minimum absolute atomic E-state index is 1.10. The van der Waals surface area contributed by atoms with Gasteiger partial charge in [0.25, 0.3) is 0 Å². The van der Waals surface area contributed by atoms with Crippen LogP contribution < -0.4 is 5.32 Å². The zero-order valence-electron chi connectivity index (χ0n) is 8.53. The molecule has 0 atom stereocenters. The van der Waals surface area contributed by atoms with Crippen molar-refractivity contribution in [2.24, 2.45) is 0 Å². The average molecular weight is 227 g/mol. The lowest BCUT2D eigenvalue weighted by atomic mass is 10.4. The molecule has 0 radical (unpaired) electrons. The van der Waals surface area contributed by atoms with Crippen molar-refractivity contribution >= 4 is 23.5 Å². The molecule has 0 unspecified atom stereocenters. The van der Waals surface area contributed by atoms with Crippen LogP contribution >= 0.6 is 23.5 Å². The highest BCUT2D eigenvalue weighted by Gasteiger charge is 1.91. The number of thioether (sulfide) groups is 2. The van der Waals surface area contributed by atoms with Crippen LogP contribution in [0.15, 0.2) is 35.2 Å². The van der Waals surface area contributed by atoms with E-state index in [9.17, 15) is 0 Å². The van der Waals surface area contributed by atoms with Gasteiger partial charge in [0.2, 0.25) is 0 Å². The van der Waals surface area contributed by atoms with Crippen molar-refractivity contribution in [3.63, 3.8) is 0 Å². The van der Waals surface area contributed by atoms with Gasteiger partial charge in [-0.25, -0.2) is 0 Å². The van der Waals surface area contributed by atoms with Gasteiger partial charge in [0, 0.05) is 29.5 Å². The molecular weight excluding hydrogens is 210 g/mol. The summed E-state index contributed by atoms with van der Waals surface area (Å²) in [5.41, 5.74) is 0. The van der Waals surface area contributed by atoms with Crippen molar-refractivity contribution in [1.82, 2.24) is 5.32 Å². The molecule has 0 heterocycles. The third-order valence-electron chi connectivity index (χ3n) is 1.77. The Morgan fingerprint density at radius 1 is 1.07 bits per heavy atom. The van der Waals surface area contributed by atoms with E-state index in [1.54, 1.807) is 0 Å². The summed E-state index contributed by atoms with van der Waals surface area (Å²) in [6, 6.07) is 10.5. The second kappa shape index (κ2) is 8.21. The zero-order valence-corrected chi connectivity index (χ0v) is 10.2. The molecule has 0 aliphatic heterocycles. The summed E-state index contributed by atoms with van der Waals surface area (Å²) in [6.07, 6.45) is 2.14. The third kappa shape index (κ3) is 5.58. The molecule has 78 valence electrons. The molecule has 14 heavy (non-hydrogen) atoms. The van der Waals surface area contributed by atoms with E-state index in [1.807, 2.05) is 23.5 Å². The molecular formula is C11H17NS2. The minimum Gasteiger partial charge on any atom is -0.315 e. The summed E-state index contributed by atoms with van der Waals surface area (Å²) < 4.78 is 0. The predicted molar refractivity (Wildman–Crippen MR) is 68.4 cm³/mol. The number of hydrogen-bond donors (Lipinski definition) is 1. The van der Waals surface area contributed by atoms with E-state index in [0.29, 0.717) is 0 Å². The van der Waals surface area contributed by atoms with Crippen LogP contribution in [0.25, 0.3) is 0 Å². The fourth-order valence-electron chi connectivity index (χ4n) is 1.06. The Labute approximate surface area is 95.1 Å². The molecule has 1 aromatic carbocycles. The van der Waals surface area contributed by atoms with Crippen molar-refractivity contribution in [2.45, 2.75) is 4.90 Å².